The summed E-state index contributed by atoms with van der Waals surface area (Å²) >= 11 is 0. The number of nitrogens with zero attached hydrogens (tertiary/aromatic N) is 3. The number of carbonyl (C=O) groups is 2. The van der Waals surface area contributed by atoms with E-state index in [9.17, 15) is 9.59 Å². The lowest BCUT2D eigenvalue weighted by Crippen LogP contribution is -2.53. The molecule has 2 aliphatic rings. The van der Waals surface area contributed by atoms with Gasteiger partial charge in [0.25, 0.3) is 0 Å². The summed E-state index contributed by atoms with van der Waals surface area (Å²) in [5.41, 5.74) is 0. The number of hydrogen-bond donors (Lipinski definition) is 3. The zero-order chi connectivity index (χ0) is 17.8. The van der Waals surface area contributed by atoms with Gasteiger partial charge in [-0.2, -0.15) is 5.10 Å². The summed E-state index contributed by atoms with van der Waals surface area (Å²) in [6.07, 6.45) is 6.52. The molecule has 0 aromatic carbocycles. The van der Waals surface area contributed by atoms with Gasteiger partial charge in [-0.25, -0.2) is 4.79 Å². The summed E-state index contributed by atoms with van der Waals surface area (Å²) in [5, 5.41) is 19.3. The summed E-state index contributed by atoms with van der Waals surface area (Å²) in [6.45, 7) is 1.75. The van der Waals surface area contributed by atoms with Crippen molar-refractivity contribution in [2.45, 2.75) is 50.6 Å². The monoisotopic (exact) mass is 349 g/mol. The molecule has 1 aromatic heterocycles. The lowest BCUT2D eigenvalue weighted by molar-refractivity contribution is -0.142. The molecule has 8 nitrogen and oxygen atoms in total. The van der Waals surface area contributed by atoms with E-state index in [0.29, 0.717) is 12.8 Å². The number of carboxylic acid groups (broad SMARTS) is 1. The quantitative estimate of drug-likeness (QED) is 0.762. The third-order valence-electron chi connectivity index (χ3n) is 5.29. The van der Waals surface area contributed by atoms with Crippen molar-refractivity contribution in [3.8, 4) is 0 Å². The van der Waals surface area contributed by atoms with Crippen LogP contribution in [0.5, 0.6) is 0 Å². The van der Waals surface area contributed by atoms with Crippen LogP contribution in [-0.4, -0.2) is 52.1 Å². The highest BCUT2D eigenvalue weighted by atomic mass is 16.4. The Bertz CT molecular complexity index is 609. The first-order valence-electron chi connectivity index (χ1n) is 9.05. The number of piperidine rings is 1. The highest BCUT2D eigenvalue weighted by Crippen LogP contribution is 2.24. The smallest absolute Gasteiger partial charge is 0.315 e. The molecule has 0 radical (unpaired) electrons. The van der Waals surface area contributed by atoms with Crippen LogP contribution in [0.1, 0.15) is 38.5 Å². The van der Waals surface area contributed by atoms with E-state index in [-0.39, 0.29) is 24.0 Å². The van der Waals surface area contributed by atoms with Crippen molar-refractivity contribution in [3.63, 3.8) is 0 Å². The number of aryl methyl sites for hydroxylation is 1. The molecule has 2 heterocycles. The zero-order valence-electron chi connectivity index (χ0n) is 14.6. The Morgan fingerprint density at radius 1 is 1.16 bits per heavy atom. The van der Waals surface area contributed by atoms with E-state index in [1.54, 1.807) is 6.20 Å². The fourth-order valence-corrected chi connectivity index (χ4v) is 3.88. The van der Waals surface area contributed by atoms with Crippen molar-refractivity contribution in [2.75, 3.05) is 18.0 Å². The van der Waals surface area contributed by atoms with Crippen molar-refractivity contribution in [3.05, 3.63) is 12.3 Å². The van der Waals surface area contributed by atoms with Crippen LogP contribution in [0, 0.1) is 5.92 Å². The van der Waals surface area contributed by atoms with Gasteiger partial charge in [-0.05, 0) is 38.5 Å². The zero-order valence-corrected chi connectivity index (χ0v) is 14.6. The van der Waals surface area contributed by atoms with Gasteiger partial charge >= 0.3 is 12.0 Å². The fraction of sp³-hybridized carbons (Fsp3) is 0.706. The molecule has 3 N–H and O–H groups in total. The average molecular weight is 349 g/mol. The molecule has 0 spiro atoms. The number of urea groups is 1. The fourth-order valence-electron chi connectivity index (χ4n) is 3.88. The van der Waals surface area contributed by atoms with Gasteiger partial charge in [0.2, 0.25) is 0 Å². The van der Waals surface area contributed by atoms with Gasteiger partial charge in [0.1, 0.15) is 5.82 Å². The number of amides is 2. The van der Waals surface area contributed by atoms with Crippen LogP contribution < -0.4 is 15.5 Å². The van der Waals surface area contributed by atoms with Crippen molar-refractivity contribution < 1.29 is 14.7 Å². The maximum Gasteiger partial charge on any atom is 0.315 e. The van der Waals surface area contributed by atoms with E-state index in [0.717, 1.165) is 44.6 Å². The maximum absolute atomic E-state index is 12.3. The molecule has 2 amide bonds. The average Bonchev–Trinajstić information content (AvgIpc) is 3.01. The first kappa shape index (κ1) is 17.6. The molecule has 1 saturated heterocycles. The second-order valence-corrected chi connectivity index (χ2v) is 7.10. The minimum Gasteiger partial charge on any atom is -0.481 e. The van der Waals surface area contributed by atoms with Crippen molar-refractivity contribution in [1.82, 2.24) is 20.4 Å². The minimum atomic E-state index is -0.722. The number of carbonyl (C=O) groups excluding carboxylic acids is 1. The summed E-state index contributed by atoms with van der Waals surface area (Å²) in [6, 6.07) is 2.03. The van der Waals surface area contributed by atoms with E-state index in [1.807, 2.05) is 17.8 Å². The molecule has 1 unspecified atom stereocenters. The molecule has 1 aliphatic carbocycles. The Kier molecular flexibility index (Phi) is 5.45. The summed E-state index contributed by atoms with van der Waals surface area (Å²) in [4.78, 5) is 25.5. The lowest BCUT2D eigenvalue weighted by atomic mass is 9.86. The molecule has 1 aromatic rings. The van der Waals surface area contributed by atoms with Crippen LogP contribution in [0.3, 0.4) is 0 Å². The number of hydrogen-bond acceptors (Lipinski definition) is 4. The molecule has 1 atom stereocenters. The van der Waals surface area contributed by atoms with Gasteiger partial charge < -0.3 is 20.6 Å². The van der Waals surface area contributed by atoms with Crippen LogP contribution >= 0.6 is 0 Å². The third-order valence-corrected chi connectivity index (χ3v) is 5.29. The highest BCUT2D eigenvalue weighted by Gasteiger charge is 2.28. The number of aliphatic carboxylic acids is 1. The van der Waals surface area contributed by atoms with Crippen molar-refractivity contribution in [2.24, 2.45) is 13.0 Å². The Balaban J connectivity index is 1.45. The third kappa shape index (κ3) is 4.43. The SMILES string of the molecule is Cn1nccc1N1CCCC(NC(=O)NC2CCC(C(=O)O)CC2)C1. The number of rotatable bonds is 4. The standard InChI is InChI=1S/C17H27N5O3/c1-21-15(8-9-18-21)22-10-2-3-14(11-22)20-17(25)19-13-6-4-12(5-7-13)16(23)24/h8-9,12-14H,2-7,10-11H2,1H3,(H,23,24)(H2,19,20,25). The summed E-state index contributed by atoms with van der Waals surface area (Å²) < 4.78 is 1.85. The maximum atomic E-state index is 12.3. The second kappa shape index (κ2) is 7.76. The molecule has 0 bridgehead atoms. The van der Waals surface area contributed by atoms with Crippen molar-refractivity contribution >= 4 is 17.8 Å². The molecule has 1 saturated carbocycles. The highest BCUT2D eigenvalue weighted by molar-refractivity contribution is 5.75. The van der Waals surface area contributed by atoms with Crippen LogP contribution in [0.2, 0.25) is 0 Å². The topological polar surface area (TPSA) is 99.5 Å². The van der Waals surface area contributed by atoms with E-state index in [4.69, 9.17) is 5.11 Å². The molecular formula is C17H27N5O3. The number of carboxylic acids is 1. The summed E-state index contributed by atoms with van der Waals surface area (Å²) in [5.74, 6) is 0.0890. The largest absolute Gasteiger partial charge is 0.481 e. The van der Waals surface area contributed by atoms with Gasteiger partial charge in [0, 0.05) is 38.3 Å². The van der Waals surface area contributed by atoms with E-state index in [1.165, 1.54) is 0 Å². The van der Waals surface area contributed by atoms with Gasteiger partial charge in [-0.1, -0.05) is 0 Å². The molecule has 8 heteroatoms. The number of aromatic nitrogens is 2. The Morgan fingerprint density at radius 2 is 1.88 bits per heavy atom. The Morgan fingerprint density at radius 3 is 2.52 bits per heavy atom. The van der Waals surface area contributed by atoms with E-state index < -0.39 is 5.97 Å². The second-order valence-electron chi connectivity index (χ2n) is 7.10. The summed E-state index contributed by atoms with van der Waals surface area (Å²) in [7, 11) is 1.92. The molecule has 3 rings (SSSR count). The van der Waals surface area contributed by atoms with Crippen LogP contribution in [0.15, 0.2) is 12.3 Å². The van der Waals surface area contributed by atoms with Gasteiger partial charge in [-0.15, -0.1) is 0 Å². The molecule has 2 fully saturated rings. The normalized spacial score (nSPS) is 26.9. The lowest BCUT2D eigenvalue weighted by Gasteiger charge is -2.35. The van der Waals surface area contributed by atoms with Crippen molar-refractivity contribution in [1.29, 1.82) is 0 Å². The number of anilines is 1. The first-order chi connectivity index (χ1) is 12.0. The van der Waals surface area contributed by atoms with Gasteiger partial charge in [0.05, 0.1) is 12.1 Å². The predicted molar refractivity (Wildman–Crippen MR) is 93.5 cm³/mol. The molecule has 25 heavy (non-hydrogen) atoms. The molecular weight excluding hydrogens is 322 g/mol. The Labute approximate surface area is 147 Å². The number of nitrogens with one attached hydrogen (secondary N) is 2. The van der Waals surface area contributed by atoms with E-state index in [2.05, 4.69) is 20.6 Å². The molecule has 138 valence electrons. The predicted octanol–water partition coefficient (Wildman–Crippen LogP) is 1.33. The first-order valence-corrected chi connectivity index (χ1v) is 9.05. The van der Waals surface area contributed by atoms with Crippen LogP contribution in [0.4, 0.5) is 10.6 Å². The van der Waals surface area contributed by atoms with E-state index >= 15 is 0 Å². The van der Waals surface area contributed by atoms with Crippen LogP contribution in [-0.2, 0) is 11.8 Å². The van der Waals surface area contributed by atoms with Gasteiger partial charge in [-0.3, -0.25) is 9.48 Å². The minimum absolute atomic E-state index is 0.0763. The van der Waals surface area contributed by atoms with Crippen LogP contribution in [0.25, 0.3) is 0 Å². The Hall–Kier alpha value is -2.25. The molecule has 1 aliphatic heterocycles. The van der Waals surface area contributed by atoms with Gasteiger partial charge in [0.15, 0.2) is 0 Å².